The minimum Gasteiger partial charge on any atom is -0.372 e. The van der Waals surface area contributed by atoms with E-state index in [0.29, 0.717) is 40.6 Å². The summed E-state index contributed by atoms with van der Waals surface area (Å²) in [5.41, 5.74) is 3.76. The lowest BCUT2D eigenvalue weighted by Crippen LogP contribution is -2.52. The van der Waals surface area contributed by atoms with Gasteiger partial charge in [-0.25, -0.2) is 28.7 Å². The van der Waals surface area contributed by atoms with Gasteiger partial charge in [0.1, 0.15) is 28.9 Å². The number of rotatable bonds is 11. The Bertz CT molecular complexity index is 2340. The van der Waals surface area contributed by atoms with Crippen LogP contribution in [0.5, 0.6) is 0 Å². The van der Waals surface area contributed by atoms with E-state index in [1.165, 1.54) is 6.07 Å². The molecule has 8 rings (SSSR count). The van der Waals surface area contributed by atoms with Crippen LogP contribution in [-0.2, 0) is 16.1 Å². The van der Waals surface area contributed by atoms with Crippen molar-refractivity contribution in [1.29, 1.82) is 0 Å². The monoisotopic (exact) mass is 805 g/mol. The number of fused-ring (bicyclic) bond motifs is 1. The largest absolute Gasteiger partial charge is 0.372 e. The molecule has 3 N–H and O–H groups in total. The maximum absolute atomic E-state index is 15.1. The summed E-state index contributed by atoms with van der Waals surface area (Å²) in [6, 6.07) is 13.7. The van der Waals surface area contributed by atoms with Gasteiger partial charge in [-0.2, -0.15) is 0 Å². The molecule has 3 aromatic heterocycles. The van der Waals surface area contributed by atoms with Gasteiger partial charge in [-0.3, -0.25) is 24.6 Å². The van der Waals surface area contributed by atoms with Crippen LogP contribution in [0.4, 0.5) is 26.2 Å². The first kappa shape index (κ1) is 39.9. The van der Waals surface area contributed by atoms with Crippen LogP contribution in [0.3, 0.4) is 0 Å². The van der Waals surface area contributed by atoms with Gasteiger partial charge >= 0.3 is 0 Å². The molecule has 59 heavy (non-hydrogen) atoms. The number of nitrogens with one attached hydrogen (secondary N) is 3. The topological polar surface area (TPSA) is 154 Å². The molecule has 0 spiro atoms. The predicted octanol–water partition coefficient (Wildman–Crippen LogP) is 5.37. The molecule has 3 aliphatic rings. The minimum atomic E-state index is -0.695. The number of aromatic nitrogens is 5. The lowest BCUT2D eigenvalue weighted by molar-refractivity contribution is -0.134. The molecule has 0 radical (unpaired) electrons. The molecule has 1 atom stereocenters. The Morgan fingerprint density at radius 2 is 1.63 bits per heavy atom. The molecule has 3 amide bonds. The minimum absolute atomic E-state index is 0.0137. The Labute approximate surface area is 341 Å². The van der Waals surface area contributed by atoms with Crippen LogP contribution in [-0.4, -0.2) is 104 Å². The zero-order valence-electron chi connectivity index (χ0n) is 33.5. The van der Waals surface area contributed by atoms with Gasteiger partial charge in [0.05, 0.1) is 11.7 Å². The SMILES string of the molecule is Cc1nc2c(F)cc(-c3nc(Nc4ccc(CN5CCN(CC6CCN(c7ccc(C(=O)NC8CCC(=O)NC8=O)cc7)CC6)CC5)cn4)ncc3F)cc2n1C(C)C. The molecule has 1 unspecified atom stereocenters. The van der Waals surface area contributed by atoms with Crippen LogP contribution in [0.1, 0.15) is 67.3 Å². The Hall–Kier alpha value is -5.87. The summed E-state index contributed by atoms with van der Waals surface area (Å²) in [4.78, 5) is 61.0. The number of piperazine rings is 1. The van der Waals surface area contributed by atoms with E-state index in [0.717, 1.165) is 82.6 Å². The van der Waals surface area contributed by atoms with E-state index < -0.39 is 23.6 Å². The van der Waals surface area contributed by atoms with E-state index in [-0.39, 0.29) is 41.4 Å². The predicted molar refractivity (Wildman–Crippen MR) is 220 cm³/mol. The van der Waals surface area contributed by atoms with E-state index in [4.69, 9.17) is 0 Å². The number of piperidine rings is 2. The number of imidazole rings is 1. The lowest BCUT2D eigenvalue weighted by Gasteiger charge is -2.39. The molecule has 0 saturated carbocycles. The highest BCUT2D eigenvalue weighted by Crippen LogP contribution is 2.31. The van der Waals surface area contributed by atoms with Crippen molar-refractivity contribution in [2.45, 2.75) is 65.1 Å². The number of carbonyl (C=O) groups excluding carboxylic acids is 3. The number of pyridine rings is 1. The average molecular weight is 806 g/mol. The number of benzene rings is 2. The van der Waals surface area contributed by atoms with E-state index >= 15 is 8.78 Å². The number of halogens is 2. The standard InChI is InChI=1S/C43H49F2N11O3/c1-26(2)56-27(3)48-40-33(44)20-31(21-36(40)56)39-34(45)23-47-43(52-39)50-37-10-4-29(22-46-37)25-54-18-16-53(17-19-54)24-28-12-14-55(15-13-28)32-7-5-30(6-8-32)41(58)49-35-9-11-38(57)51-42(35)59/h4-8,10,20-23,26,28,35H,9,11-19,24-25H2,1-3H3,(H,49,58)(H,51,57,59)(H,46,47,50,52). The molecule has 3 fully saturated rings. The molecule has 2 aromatic carbocycles. The van der Waals surface area contributed by atoms with Crippen molar-refractivity contribution in [1.82, 2.24) is 44.9 Å². The maximum atomic E-state index is 15.1. The van der Waals surface area contributed by atoms with Crippen molar-refractivity contribution in [3.8, 4) is 11.3 Å². The molecular weight excluding hydrogens is 757 g/mol. The summed E-state index contributed by atoms with van der Waals surface area (Å²) in [6.07, 6.45) is 5.64. The second kappa shape index (κ2) is 17.2. The van der Waals surface area contributed by atoms with Crippen molar-refractivity contribution in [2.24, 2.45) is 5.92 Å². The molecule has 16 heteroatoms. The van der Waals surface area contributed by atoms with Crippen molar-refractivity contribution in [2.75, 3.05) is 56.0 Å². The van der Waals surface area contributed by atoms with Crippen LogP contribution in [0.2, 0.25) is 0 Å². The van der Waals surface area contributed by atoms with Gasteiger partial charge in [-0.05, 0) is 94.0 Å². The quantitative estimate of drug-likeness (QED) is 0.148. The van der Waals surface area contributed by atoms with Crippen molar-refractivity contribution in [3.05, 3.63) is 89.5 Å². The first-order valence-electron chi connectivity index (χ1n) is 20.3. The van der Waals surface area contributed by atoms with Gasteiger partial charge in [0.25, 0.3) is 5.91 Å². The molecule has 14 nitrogen and oxygen atoms in total. The highest BCUT2D eigenvalue weighted by molar-refractivity contribution is 6.03. The number of hydrogen-bond acceptors (Lipinski definition) is 11. The van der Waals surface area contributed by atoms with Gasteiger partial charge in [-0.15, -0.1) is 0 Å². The van der Waals surface area contributed by atoms with E-state index in [9.17, 15) is 14.4 Å². The second-order valence-electron chi connectivity index (χ2n) is 16.0. The smallest absolute Gasteiger partial charge is 0.251 e. The van der Waals surface area contributed by atoms with Crippen LogP contribution in [0, 0.1) is 24.5 Å². The third kappa shape index (κ3) is 9.08. The number of aryl methyl sites for hydroxylation is 1. The Kier molecular flexibility index (Phi) is 11.6. The fourth-order valence-corrected chi connectivity index (χ4v) is 8.42. The number of amides is 3. The Balaban J connectivity index is 0.780. The fraction of sp³-hybridized carbons (Fsp3) is 0.419. The molecule has 0 aliphatic carbocycles. The third-order valence-electron chi connectivity index (χ3n) is 11.6. The molecular formula is C43H49F2N11O3. The number of hydrogen-bond donors (Lipinski definition) is 3. The number of nitrogens with zero attached hydrogens (tertiary/aromatic N) is 8. The normalized spacial score (nSPS) is 18.4. The fourth-order valence-electron chi connectivity index (χ4n) is 8.42. The van der Waals surface area contributed by atoms with Crippen LogP contribution < -0.4 is 20.9 Å². The summed E-state index contributed by atoms with van der Waals surface area (Å²) in [5.74, 6) is -0.300. The molecule has 6 heterocycles. The van der Waals surface area contributed by atoms with Crippen LogP contribution >= 0.6 is 0 Å². The second-order valence-corrected chi connectivity index (χ2v) is 16.0. The van der Waals surface area contributed by atoms with Gasteiger partial charge in [-0.1, -0.05) is 6.07 Å². The van der Waals surface area contributed by atoms with Crippen molar-refractivity contribution >= 4 is 46.2 Å². The average Bonchev–Trinajstić information content (AvgIpc) is 3.58. The zero-order valence-corrected chi connectivity index (χ0v) is 33.5. The summed E-state index contributed by atoms with van der Waals surface area (Å²) < 4.78 is 32.1. The molecule has 3 saturated heterocycles. The Morgan fingerprint density at radius 3 is 2.32 bits per heavy atom. The highest BCUT2D eigenvalue weighted by Gasteiger charge is 2.29. The van der Waals surface area contributed by atoms with E-state index in [2.05, 4.69) is 50.6 Å². The van der Waals surface area contributed by atoms with Crippen LogP contribution in [0.25, 0.3) is 22.3 Å². The molecule has 0 bridgehead atoms. The molecule has 3 aliphatic heterocycles. The summed E-state index contributed by atoms with van der Waals surface area (Å²) in [5, 5.41) is 8.07. The van der Waals surface area contributed by atoms with Gasteiger partial charge in [0, 0.05) is 87.8 Å². The van der Waals surface area contributed by atoms with Gasteiger partial charge in [0.15, 0.2) is 11.6 Å². The van der Waals surface area contributed by atoms with Crippen LogP contribution in [0.15, 0.2) is 60.9 Å². The summed E-state index contributed by atoms with van der Waals surface area (Å²) in [7, 11) is 0. The number of carbonyl (C=O) groups is 3. The number of imide groups is 1. The summed E-state index contributed by atoms with van der Waals surface area (Å²) in [6.45, 7) is 13.6. The first-order chi connectivity index (χ1) is 28.5. The lowest BCUT2D eigenvalue weighted by atomic mass is 9.95. The van der Waals surface area contributed by atoms with E-state index in [1.54, 1.807) is 18.2 Å². The van der Waals surface area contributed by atoms with E-state index in [1.807, 2.05) is 55.8 Å². The zero-order chi connectivity index (χ0) is 41.2. The van der Waals surface area contributed by atoms with Gasteiger partial charge < -0.3 is 25.0 Å². The highest BCUT2D eigenvalue weighted by atomic mass is 19.1. The number of anilines is 3. The first-order valence-corrected chi connectivity index (χ1v) is 20.3. The van der Waals surface area contributed by atoms with Crippen molar-refractivity contribution < 1.29 is 23.2 Å². The molecule has 5 aromatic rings. The third-order valence-corrected chi connectivity index (χ3v) is 11.6. The van der Waals surface area contributed by atoms with Crippen molar-refractivity contribution in [3.63, 3.8) is 0 Å². The maximum Gasteiger partial charge on any atom is 0.251 e. The van der Waals surface area contributed by atoms with Gasteiger partial charge in [0.2, 0.25) is 17.8 Å². The Morgan fingerprint density at radius 1 is 0.881 bits per heavy atom. The summed E-state index contributed by atoms with van der Waals surface area (Å²) >= 11 is 0. The molecule has 308 valence electrons.